The first-order valence-corrected chi connectivity index (χ1v) is 10.4. The van der Waals surface area contributed by atoms with Gasteiger partial charge < -0.3 is 24.8 Å². The molecule has 33 heavy (non-hydrogen) atoms. The summed E-state index contributed by atoms with van der Waals surface area (Å²) in [5, 5.41) is 9.02. The molecule has 1 aliphatic heterocycles. The van der Waals surface area contributed by atoms with Crippen molar-refractivity contribution in [1.82, 2.24) is 10.7 Å². The van der Waals surface area contributed by atoms with Gasteiger partial charge in [-0.05, 0) is 54.8 Å². The largest absolute Gasteiger partial charge is 0.495 e. The van der Waals surface area contributed by atoms with Gasteiger partial charge in [-0.25, -0.2) is 5.43 Å². The van der Waals surface area contributed by atoms with Crippen molar-refractivity contribution < 1.29 is 28.6 Å². The molecule has 1 aliphatic rings. The van der Waals surface area contributed by atoms with Gasteiger partial charge in [0.05, 0.1) is 25.1 Å². The van der Waals surface area contributed by atoms with Crippen LogP contribution in [0.15, 0.2) is 53.6 Å². The van der Waals surface area contributed by atoms with E-state index in [1.165, 1.54) is 13.3 Å². The second-order valence-electron chi connectivity index (χ2n) is 7.15. The molecule has 1 fully saturated rings. The highest BCUT2D eigenvalue weighted by Crippen LogP contribution is 2.22. The zero-order chi connectivity index (χ0) is 23.5. The average molecular weight is 454 g/mol. The molecule has 1 heterocycles. The first-order valence-electron chi connectivity index (χ1n) is 10.4. The van der Waals surface area contributed by atoms with E-state index in [9.17, 15) is 14.4 Å². The van der Waals surface area contributed by atoms with Crippen molar-refractivity contribution in [2.75, 3.05) is 32.2 Å². The lowest BCUT2D eigenvalue weighted by molar-refractivity contribution is -0.136. The van der Waals surface area contributed by atoms with Gasteiger partial charge in [0.25, 0.3) is 5.91 Å². The van der Waals surface area contributed by atoms with Gasteiger partial charge >= 0.3 is 11.8 Å². The van der Waals surface area contributed by atoms with Gasteiger partial charge in [0, 0.05) is 13.2 Å². The zero-order valence-corrected chi connectivity index (χ0v) is 18.2. The maximum absolute atomic E-state index is 12.0. The van der Waals surface area contributed by atoms with Crippen LogP contribution in [-0.4, -0.2) is 56.9 Å². The maximum Gasteiger partial charge on any atom is 0.329 e. The number of hydrogen-bond acceptors (Lipinski definition) is 7. The molecule has 0 bridgehead atoms. The van der Waals surface area contributed by atoms with Crippen molar-refractivity contribution in [3.63, 3.8) is 0 Å². The van der Waals surface area contributed by atoms with E-state index in [1.54, 1.807) is 48.5 Å². The summed E-state index contributed by atoms with van der Waals surface area (Å²) in [5.74, 6) is -1.07. The first-order chi connectivity index (χ1) is 16.0. The molecule has 1 saturated heterocycles. The predicted octanol–water partition coefficient (Wildman–Crippen LogP) is 1.46. The Kier molecular flexibility index (Phi) is 8.78. The SMILES string of the molecule is COc1ccccc1NC(=O)C(=O)N/N=C\c1ccc(OCC(=O)NC[C@@H]2CCCO2)cc1. The zero-order valence-electron chi connectivity index (χ0n) is 18.2. The monoisotopic (exact) mass is 454 g/mol. The normalized spacial score (nSPS) is 15.1. The van der Waals surface area contributed by atoms with Gasteiger partial charge in [-0.1, -0.05) is 12.1 Å². The first kappa shape index (κ1) is 23.7. The fraction of sp³-hybridized carbons (Fsp3) is 0.304. The second kappa shape index (κ2) is 12.2. The molecule has 0 aliphatic carbocycles. The second-order valence-corrected chi connectivity index (χ2v) is 7.15. The Bertz CT molecular complexity index is 987. The molecule has 0 aromatic heterocycles. The number of carbonyl (C=O) groups excluding carboxylic acids is 3. The summed E-state index contributed by atoms with van der Waals surface area (Å²) >= 11 is 0. The van der Waals surface area contributed by atoms with Crippen molar-refractivity contribution in [1.29, 1.82) is 0 Å². The number of hydrazone groups is 1. The Hall–Kier alpha value is -3.92. The minimum Gasteiger partial charge on any atom is -0.495 e. The predicted molar refractivity (Wildman–Crippen MR) is 121 cm³/mol. The van der Waals surface area contributed by atoms with E-state index in [4.69, 9.17) is 14.2 Å². The van der Waals surface area contributed by atoms with Crippen LogP contribution in [0.2, 0.25) is 0 Å². The Morgan fingerprint density at radius 2 is 1.91 bits per heavy atom. The number of nitrogens with one attached hydrogen (secondary N) is 3. The smallest absolute Gasteiger partial charge is 0.329 e. The van der Waals surface area contributed by atoms with E-state index in [-0.39, 0.29) is 18.6 Å². The molecule has 3 rings (SSSR count). The minimum absolute atomic E-state index is 0.0836. The summed E-state index contributed by atoms with van der Waals surface area (Å²) in [5.41, 5.74) is 3.20. The number of amides is 3. The molecular formula is C23H26N4O6. The molecule has 3 amide bonds. The summed E-state index contributed by atoms with van der Waals surface area (Å²) in [6, 6.07) is 13.5. The lowest BCUT2D eigenvalue weighted by atomic mass is 10.2. The molecule has 10 nitrogen and oxygen atoms in total. The van der Waals surface area contributed by atoms with Crippen LogP contribution < -0.4 is 25.5 Å². The summed E-state index contributed by atoms with van der Waals surface area (Å²) < 4.78 is 16.0. The topological polar surface area (TPSA) is 127 Å². The quantitative estimate of drug-likeness (QED) is 0.299. The van der Waals surface area contributed by atoms with Gasteiger partial charge in [-0.15, -0.1) is 0 Å². The van der Waals surface area contributed by atoms with Crippen LogP contribution in [0, 0.1) is 0 Å². The minimum atomic E-state index is -0.925. The van der Waals surface area contributed by atoms with Crippen LogP contribution in [0.25, 0.3) is 0 Å². The van der Waals surface area contributed by atoms with E-state index in [2.05, 4.69) is 21.2 Å². The average Bonchev–Trinajstić information content (AvgIpc) is 3.36. The molecule has 0 spiro atoms. The Morgan fingerprint density at radius 1 is 1.12 bits per heavy atom. The van der Waals surface area contributed by atoms with E-state index in [0.29, 0.717) is 29.3 Å². The van der Waals surface area contributed by atoms with Crippen LogP contribution in [0.1, 0.15) is 18.4 Å². The third kappa shape index (κ3) is 7.62. The third-order valence-electron chi connectivity index (χ3n) is 4.74. The lowest BCUT2D eigenvalue weighted by Crippen LogP contribution is -2.35. The highest BCUT2D eigenvalue weighted by Gasteiger charge is 2.16. The third-order valence-corrected chi connectivity index (χ3v) is 4.74. The Balaban J connectivity index is 1.39. The number of ether oxygens (including phenoxy) is 3. The van der Waals surface area contributed by atoms with E-state index in [1.807, 2.05) is 0 Å². The van der Waals surface area contributed by atoms with Crippen molar-refractivity contribution in [2.45, 2.75) is 18.9 Å². The van der Waals surface area contributed by atoms with Crippen LogP contribution in [0.4, 0.5) is 5.69 Å². The number of para-hydroxylation sites is 2. The van der Waals surface area contributed by atoms with Gasteiger partial charge in [0.2, 0.25) is 0 Å². The molecule has 2 aromatic rings. The summed E-state index contributed by atoms with van der Waals surface area (Å²) in [7, 11) is 1.47. The Morgan fingerprint density at radius 3 is 2.64 bits per heavy atom. The van der Waals surface area contributed by atoms with Crippen molar-refractivity contribution in [3.05, 3.63) is 54.1 Å². The summed E-state index contributed by atoms with van der Waals surface area (Å²) in [6.07, 6.45) is 3.44. The Labute approximate surface area is 191 Å². The van der Waals surface area contributed by atoms with Crippen molar-refractivity contribution in [3.8, 4) is 11.5 Å². The molecular weight excluding hydrogens is 428 g/mol. The number of carbonyl (C=O) groups is 3. The van der Waals surface area contributed by atoms with Crippen molar-refractivity contribution >= 4 is 29.6 Å². The number of hydrogen-bond donors (Lipinski definition) is 3. The molecule has 10 heteroatoms. The standard InChI is InChI=1S/C23H26N4O6/c1-31-20-7-3-2-6-19(20)26-22(29)23(30)27-25-13-16-8-10-17(11-9-16)33-15-21(28)24-14-18-5-4-12-32-18/h2-3,6-11,13,18H,4-5,12,14-15H2,1H3,(H,24,28)(H,26,29)(H,27,30)/b25-13-/t18-/m0/s1. The lowest BCUT2D eigenvalue weighted by Gasteiger charge is -2.11. The van der Waals surface area contributed by atoms with Crippen LogP contribution >= 0.6 is 0 Å². The molecule has 0 radical (unpaired) electrons. The highest BCUT2D eigenvalue weighted by molar-refractivity contribution is 6.39. The molecule has 174 valence electrons. The number of nitrogens with zero attached hydrogens (tertiary/aromatic N) is 1. The van der Waals surface area contributed by atoms with Crippen LogP contribution in [0.3, 0.4) is 0 Å². The van der Waals surface area contributed by atoms with E-state index in [0.717, 1.165) is 19.4 Å². The van der Waals surface area contributed by atoms with E-state index < -0.39 is 11.8 Å². The highest BCUT2D eigenvalue weighted by atomic mass is 16.5. The van der Waals surface area contributed by atoms with Crippen LogP contribution in [-0.2, 0) is 19.1 Å². The summed E-state index contributed by atoms with van der Waals surface area (Å²) in [6.45, 7) is 1.13. The van der Waals surface area contributed by atoms with Crippen LogP contribution in [0.5, 0.6) is 11.5 Å². The fourth-order valence-electron chi connectivity index (χ4n) is 3.03. The molecule has 0 unspecified atom stereocenters. The van der Waals surface area contributed by atoms with Gasteiger partial charge in [-0.3, -0.25) is 14.4 Å². The van der Waals surface area contributed by atoms with Gasteiger partial charge in [-0.2, -0.15) is 5.10 Å². The fourth-order valence-corrected chi connectivity index (χ4v) is 3.03. The van der Waals surface area contributed by atoms with E-state index >= 15 is 0 Å². The van der Waals surface area contributed by atoms with Crippen molar-refractivity contribution in [2.24, 2.45) is 5.10 Å². The summed E-state index contributed by atoms with van der Waals surface area (Å²) in [4.78, 5) is 35.8. The van der Waals surface area contributed by atoms with Gasteiger partial charge in [0.1, 0.15) is 11.5 Å². The number of benzene rings is 2. The van der Waals surface area contributed by atoms with Gasteiger partial charge in [0.15, 0.2) is 6.61 Å². The number of methoxy groups -OCH3 is 1. The molecule has 0 saturated carbocycles. The number of rotatable bonds is 9. The molecule has 2 aromatic carbocycles. The molecule has 3 N–H and O–H groups in total. The number of anilines is 1. The maximum atomic E-state index is 12.0. The molecule has 1 atom stereocenters.